The van der Waals surface area contributed by atoms with Gasteiger partial charge < -0.3 is 4.74 Å². The normalized spacial score (nSPS) is 12.1. The van der Waals surface area contributed by atoms with Crippen LogP contribution in [-0.4, -0.2) is 5.50 Å². The summed E-state index contributed by atoms with van der Waals surface area (Å²) in [6.45, 7) is 0.566. The van der Waals surface area contributed by atoms with E-state index in [1.807, 2.05) is 35.7 Å². The Kier molecular flexibility index (Phi) is 4.73. The molecule has 0 N–H and O–H groups in total. The number of alkyl halides is 1. The first-order chi connectivity index (χ1) is 8.78. The average molecular weight is 282 g/mol. The minimum atomic E-state index is -0.706. The van der Waals surface area contributed by atoms with Gasteiger partial charge in [-0.05, 0) is 45.3 Å². The van der Waals surface area contributed by atoms with Crippen molar-refractivity contribution in [3.05, 3.63) is 57.1 Å². The molecule has 0 aliphatic rings. The molecular formula is C13H12ClNO2S. The molecule has 3 nitrogen and oxygen atoms in total. The van der Waals surface area contributed by atoms with E-state index in [4.69, 9.17) is 16.3 Å². The van der Waals surface area contributed by atoms with Crippen LogP contribution in [0.2, 0.25) is 0 Å². The third kappa shape index (κ3) is 3.82. The Balaban J connectivity index is 1.89. The van der Waals surface area contributed by atoms with Crippen LogP contribution in [0, 0.1) is 4.91 Å². The number of benzene rings is 1. The maximum absolute atomic E-state index is 10.2. The molecule has 5 heteroatoms. The lowest BCUT2D eigenvalue weighted by atomic mass is 10.1. The van der Waals surface area contributed by atoms with Gasteiger partial charge >= 0.3 is 0 Å². The number of ether oxygens (including phenoxy) is 1. The van der Waals surface area contributed by atoms with Gasteiger partial charge in [-0.15, -0.1) is 4.91 Å². The van der Waals surface area contributed by atoms with Crippen molar-refractivity contribution >= 4 is 22.9 Å². The minimum Gasteiger partial charge on any atom is -0.489 e. The van der Waals surface area contributed by atoms with Gasteiger partial charge in [0.15, 0.2) is 5.50 Å². The van der Waals surface area contributed by atoms with E-state index >= 15 is 0 Å². The average Bonchev–Trinajstić information content (AvgIpc) is 2.91. The van der Waals surface area contributed by atoms with E-state index in [-0.39, 0.29) is 0 Å². The Morgan fingerprint density at radius 1 is 1.22 bits per heavy atom. The number of halogens is 1. The summed E-state index contributed by atoms with van der Waals surface area (Å²) in [6.07, 6.45) is 0.440. The van der Waals surface area contributed by atoms with Crippen LogP contribution in [0.5, 0.6) is 5.75 Å². The highest BCUT2D eigenvalue weighted by Crippen LogP contribution is 2.17. The molecule has 1 unspecified atom stereocenters. The van der Waals surface area contributed by atoms with Gasteiger partial charge in [0.2, 0.25) is 0 Å². The monoisotopic (exact) mass is 281 g/mol. The summed E-state index contributed by atoms with van der Waals surface area (Å²) >= 11 is 7.31. The van der Waals surface area contributed by atoms with Crippen LogP contribution in [0.15, 0.2) is 46.3 Å². The van der Waals surface area contributed by atoms with Crippen molar-refractivity contribution in [1.29, 1.82) is 0 Å². The highest BCUT2D eigenvalue weighted by molar-refractivity contribution is 7.07. The van der Waals surface area contributed by atoms with Crippen molar-refractivity contribution in [3.8, 4) is 5.75 Å². The molecule has 94 valence electrons. The Bertz CT molecular complexity index is 484. The highest BCUT2D eigenvalue weighted by Gasteiger charge is 2.05. The molecule has 0 saturated carbocycles. The lowest BCUT2D eigenvalue weighted by molar-refractivity contribution is 0.306. The SMILES string of the molecule is O=NC(Cl)Cc1ccc(OCc2ccsc2)cc1. The molecule has 1 heterocycles. The fourth-order valence-electron chi connectivity index (χ4n) is 1.49. The molecule has 2 aromatic rings. The molecule has 0 fully saturated rings. The first-order valence-corrected chi connectivity index (χ1v) is 6.85. The summed E-state index contributed by atoms with van der Waals surface area (Å²) in [4.78, 5) is 10.2. The van der Waals surface area contributed by atoms with E-state index in [0.717, 1.165) is 16.9 Å². The van der Waals surface area contributed by atoms with Gasteiger partial charge in [0.1, 0.15) is 12.4 Å². The highest BCUT2D eigenvalue weighted by atomic mass is 35.5. The van der Waals surface area contributed by atoms with Crippen LogP contribution < -0.4 is 4.74 Å². The van der Waals surface area contributed by atoms with Gasteiger partial charge in [-0.2, -0.15) is 11.3 Å². The molecule has 1 aromatic heterocycles. The van der Waals surface area contributed by atoms with E-state index < -0.39 is 5.50 Å². The van der Waals surface area contributed by atoms with Crippen molar-refractivity contribution in [2.24, 2.45) is 5.18 Å². The van der Waals surface area contributed by atoms with E-state index in [2.05, 4.69) is 10.6 Å². The molecule has 0 bridgehead atoms. The second kappa shape index (κ2) is 6.52. The van der Waals surface area contributed by atoms with Crippen molar-refractivity contribution in [2.45, 2.75) is 18.5 Å². The number of nitroso groups, excluding NO2 is 1. The Morgan fingerprint density at radius 3 is 2.61 bits per heavy atom. The van der Waals surface area contributed by atoms with E-state index in [0.29, 0.717) is 13.0 Å². The Morgan fingerprint density at radius 2 is 2.00 bits per heavy atom. The quantitative estimate of drug-likeness (QED) is 0.452. The Hall–Kier alpha value is -1.39. The van der Waals surface area contributed by atoms with Gasteiger partial charge in [0, 0.05) is 6.42 Å². The summed E-state index contributed by atoms with van der Waals surface area (Å²) in [7, 11) is 0. The summed E-state index contributed by atoms with van der Waals surface area (Å²) in [5.74, 6) is 0.801. The topological polar surface area (TPSA) is 38.7 Å². The van der Waals surface area contributed by atoms with Crippen LogP contribution in [0.3, 0.4) is 0 Å². The maximum atomic E-state index is 10.2. The lowest BCUT2D eigenvalue weighted by Crippen LogP contribution is -1.99. The van der Waals surface area contributed by atoms with Gasteiger partial charge in [0.25, 0.3) is 0 Å². The second-order valence-corrected chi connectivity index (χ2v) is 5.09. The van der Waals surface area contributed by atoms with E-state index in [1.165, 1.54) is 0 Å². The minimum absolute atomic E-state index is 0.440. The second-order valence-electron chi connectivity index (χ2n) is 3.81. The molecule has 0 spiro atoms. The third-order valence-electron chi connectivity index (χ3n) is 2.43. The fourth-order valence-corrected chi connectivity index (χ4v) is 2.33. The van der Waals surface area contributed by atoms with Crippen LogP contribution in [0.4, 0.5) is 0 Å². The number of hydrogen-bond donors (Lipinski definition) is 0. The maximum Gasteiger partial charge on any atom is 0.169 e. The molecule has 1 atom stereocenters. The molecule has 1 aromatic carbocycles. The third-order valence-corrected chi connectivity index (χ3v) is 3.39. The fraction of sp³-hybridized carbons (Fsp3) is 0.231. The largest absolute Gasteiger partial charge is 0.489 e. The summed E-state index contributed by atoms with van der Waals surface area (Å²) in [6, 6.07) is 9.56. The zero-order valence-electron chi connectivity index (χ0n) is 9.58. The van der Waals surface area contributed by atoms with Crippen LogP contribution >= 0.6 is 22.9 Å². The number of thiophene rings is 1. The number of nitrogens with zero attached hydrogens (tertiary/aromatic N) is 1. The number of hydrogen-bond acceptors (Lipinski definition) is 4. The van der Waals surface area contributed by atoms with E-state index in [1.54, 1.807) is 11.3 Å². The summed E-state index contributed by atoms with van der Waals surface area (Å²) < 4.78 is 5.63. The standard InChI is InChI=1S/C13H12ClNO2S/c14-13(15-16)7-10-1-3-12(4-2-10)17-8-11-5-6-18-9-11/h1-6,9,13H,7-8H2. The van der Waals surface area contributed by atoms with Gasteiger partial charge in [-0.3, -0.25) is 0 Å². The van der Waals surface area contributed by atoms with E-state index in [9.17, 15) is 4.91 Å². The van der Waals surface area contributed by atoms with Crippen molar-refractivity contribution in [3.63, 3.8) is 0 Å². The summed E-state index contributed by atoms with van der Waals surface area (Å²) in [5.41, 5.74) is 1.43. The van der Waals surface area contributed by atoms with Crippen LogP contribution in [0.25, 0.3) is 0 Å². The molecule has 0 saturated heterocycles. The Labute approximate surface area is 114 Å². The van der Waals surface area contributed by atoms with Crippen molar-refractivity contribution in [2.75, 3.05) is 0 Å². The predicted molar refractivity (Wildman–Crippen MR) is 74.2 cm³/mol. The zero-order valence-corrected chi connectivity index (χ0v) is 11.2. The number of rotatable bonds is 6. The lowest BCUT2D eigenvalue weighted by Gasteiger charge is -2.06. The smallest absolute Gasteiger partial charge is 0.169 e. The molecule has 18 heavy (non-hydrogen) atoms. The molecule has 0 aliphatic heterocycles. The molecule has 0 radical (unpaired) electrons. The molecule has 2 rings (SSSR count). The van der Waals surface area contributed by atoms with Gasteiger partial charge in [-0.25, -0.2) is 0 Å². The van der Waals surface area contributed by atoms with Crippen LogP contribution in [0.1, 0.15) is 11.1 Å². The predicted octanol–water partition coefficient (Wildman–Crippen LogP) is 4.20. The molecule has 0 aliphatic carbocycles. The van der Waals surface area contributed by atoms with Gasteiger partial charge in [0.05, 0.1) is 0 Å². The van der Waals surface area contributed by atoms with Crippen molar-refractivity contribution < 1.29 is 4.74 Å². The van der Waals surface area contributed by atoms with Crippen molar-refractivity contribution in [1.82, 2.24) is 0 Å². The van der Waals surface area contributed by atoms with Gasteiger partial charge in [-0.1, -0.05) is 23.7 Å². The van der Waals surface area contributed by atoms with Crippen LogP contribution in [-0.2, 0) is 13.0 Å². The zero-order chi connectivity index (χ0) is 12.8. The first-order valence-electron chi connectivity index (χ1n) is 5.47. The first kappa shape index (κ1) is 13.1. The summed E-state index contributed by atoms with van der Waals surface area (Å²) in [5, 5.41) is 6.84. The molecular weight excluding hydrogens is 270 g/mol. The molecule has 0 amide bonds.